The van der Waals surface area contributed by atoms with Gasteiger partial charge in [0.1, 0.15) is 5.82 Å². The van der Waals surface area contributed by atoms with Crippen LogP contribution in [0.25, 0.3) is 0 Å². The first-order chi connectivity index (χ1) is 12.2. The smallest absolute Gasteiger partial charge is 0.224 e. The lowest BCUT2D eigenvalue weighted by atomic mass is 9.81. The first-order valence-corrected chi connectivity index (χ1v) is 9.20. The van der Waals surface area contributed by atoms with E-state index in [4.69, 9.17) is 16.3 Å². The number of ether oxygens (including phenoxy) is 1. The molecule has 0 bridgehead atoms. The van der Waals surface area contributed by atoms with Crippen molar-refractivity contribution >= 4 is 17.5 Å². The second kappa shape index (κ2) is 6.81. The molecule has 1 aromatic heterocycles. The second-order valence-electron chi connectivity index (χ2n) is 6.92. The predicted octanol–water partition coefficient (Wildman–Crippen LogP) is 2.92. The molecule has 4 rings (SSSR count). The van der Waals surface area contributed by atoms with Gasteiger partial charge in [0.25, 0.3) is 0 Å². The van der Waals surface area contributed by atoms with Crippen molar-refractivity contribution in [3.05, 3.63) is 53.1 Å². The molecule has 1 aromatic carbocycles. The summed E-state index contributed by atoms with van der Waals surface area (Å²) in [6.07, 6.45) is 6.90. The molecular formula is C19H22ClN3O2. The number of hydrogen-bond donors (Lipinski definition) is 1. The van der Waals surface area contributed by atoms with E-state index in [0.29, 0.717) is 24.7 Å². The van der Waals surface area contributed by atoms with E-state index in [1.54, 1.807) is 0 Å². The summed E-state index contributed by atoms with van der Waals surface area (Å²) in [4.78, 5) is 17.4. The minimum Gasteiger partial charge on any atom is -0.381 e. The third-order valence-corrected chi connectivity index (χ3v) is 5.68. The molecule has 1 saturated heterocycles. The highest BCUT2D eigenvalue weighted by molar-refractivity contribution is 6.30. The molecule has 1 amide bonds. The van der Waals surface area contributed by atoms with Gasteiger partial charge in [0.2, 0.25) is 5.91 Å². The molecule has 0 spiro atoms. The summed E-state index contributed by atoms with van der Waals surface area (Å²) in [7, 11) is 0. The van der Waals surface area contributed by atoms with E-state index >= 15 is 0 Å². The van der Waals surface area contributed by atoms with E-state index in [2.05, 4.69) is 14.9 Å². The minimum absolute atomic E-state index is 0.0260. The van der Waals surface area contributed by atoms with Crippen LogP contribution in [0.15, 0.2) is 36.7 Å². The van der Waals surface area contributed by atoms with E-state index in [-0.39, 0.29) is 17.4 Å². The number of aromatic nitrogens is 2. The van der Waals surface area contributed by atoms with Gasteiger partial charge in [0, 0.05) is 49.5 Å². The summed E-state index contributed by atoms with van der Waals surface area (Å²) in [5, 5.41) is 4.07. The van der Waals surface area contributed by atoms with Gasteiger partial charge in [-0.3, -0.25) is 4.79 Å². The van der Waals surface area contributed by atoms with Crippen LogP contribution in [0.4, 0.5) is 0 Å². The summed E-state index contributed by atoms with van der Waals surface area (Å²) in [5.74, 6) is 1.09. The Morgan fingerprint density at radius 2 is 2.04 bits per heavy atom. The Balaban J connectivity index is 1.54. The maximum absolute atomic E-state index is 13.0. The quantitative estimate of drug-likeness (QED) is 0.916. The first-order valence-electron chi connectivity index (χ1n) is 8.82. The summed E-state index contributed by atoms with van der Waals surface area (Å²) < 4.78 is 7.67. The van der Waals surface area contributed by atoms with Crippen molar-refractivity contribution in [1.29, 1.82) is 0 Å². The van der Waals surface area contributed by atoms with Crippen LogP contribution in [-0.2, 0) is 28.0 Å². The number of carbonyl (C=O) groups excluding carboxylic acids is 1. The van der Waals surface area contributed by atoms with Gasteiger partial charge in [-0.15, -0.1) is 0 Å². The van der Waals surface area contributed by atoms with Gasteiger partial charge in [0.05, 0.1) is 5.54 Å². The van der Waals surface area contributed by atoms with Crippen molar-refractivity contribution in [3.63, 3.8) is 0 Å². The normalized spacial score (nSPS) is 22.2. The van der Waals surface area contributed by atoms with E-state index in [1.807, 2.05) is 36.7 Å². The van der Waals surface area contributed by atoms with Crippen LogP contribution < -0.4 is 5.32 Å². The lowest BCUT2D eigenvalue weighted by Crippen LogP contribution is -2.52. The molecule has 0 saturated carbocycles. The standard InChI is InChI=1S/C19H22ClN3O2/c20-16-3-1-15(2-4-16)19(6-11-25-12-7-19)22-18(24)14-5-9-23-10-8-21-17(23)13-14/h1-4,8,10,14H,5-7,9,11-13H2,(H,22,24). The van der Waals surface area contributed by atoms with Gasteiger partial charge in [0.15, 0.2) is 0 Å². The Kier molecular flexibility index (Phi) is 4.52. The van der Waals surface area contributed by atoms with E-state index in [0.717, 1.165) is 37.2 Å². The maximum Gasteiger partial charge on any atom is 0.224 e. The molecule has 5 nitrogen and oxygen atoms in total. The molecule has 6 heteroatoms. The van der Waals surface area contributed by atoms with Crippen LogP contribution >= 0.6 is 11.6 Å². The zero-order valence-electron chi connectivity index (χ0n) is 14.1. The van der Waals surface area contributed by atoms with Crippen LogP contribution in [0.5, 0.6) is 0 Å². The van der Waals surface area contributed by atoms with Crippen LogP contribution in [0.3, 0.4) is 0 Å². The van der Waals surface area contributed by atoms with Crippen molar-refractivity contribution in [3.8, 4) is 0 Å². The maximum atomic E-state index is 13.0. The Morgan fingerprint density at radius 3 is 2.80 bits per heavy atom. The summed E-state index contributed by atoms with van der Waals surface area (Å²) in [6.45, 7) is 2.15. The van der Waals surface area contributed by atoms with Gasteiger partial charge in [-0.1, -0.05) is 23.7 Å². The number of nitrogens with zero attached hydrogens (tertiary/aromatic N) is 2. The van der Waals surface area contributed by atoms with Crippen LogP contribution in [0.2, 0.25) is 5.02 Å². The van der Waals surface area contributed by atoms with E-state index in [9.17, 15) is 4.79 Å². The molecule has 0 radical (unpaired) electrons. The lowest BCUT2D eigenvalue weighted by molar-refractivity contribution is -0.129. The average molecular weight is 360 g/mol. The number of nitrogens with one attached hydrogen (secondary N) is 1. The van der Waals surface area contributed by atoms with Gasteiger partial charge in [-0.25, -0.2) is 4.98 Å². The number of hydrogen-bond acceptors (Lipinski definition) is 3. The monoisotopic (exact) mass is 359 g/mol. The fourth-order valence-electron chi connectivity index (χ4n) is 3.89. The van der Waals surface area contributed by atoms with E-state index < -0.39 is 0 Å². The van der Waals surface area contributed by atoms with Crippen LogP contribution in [0, 0.1) is 5.92 Å². The Labute approximate surface area is 152 Å². The van der Waals surface area contributed by atoms with E-state index in [1.165, 1.54) is 0 Å². The van der Waals surface area contributed by atoms with Crippen LogP contribution in [0.1, 0.15) is 30.7 Å². The van der Waals surface area contributed by atoms with Crippen LogP contribution in [-0.4, -0.2) is 28.7 Å². The molecule has 2 aromatic rings. The Bertz CT molecular complexity index is 750. The fourth-order valence-corrected chi connectivity index (χ4v) is 4.01. The second-order valence-corrected chi connectivity index (χ2v) is 7.35. The number of amides is 1. The predicted molar refractivity (Wildman–Crippen MR) is 95.4 cm³/mol. The Hall–Kier alpha value is -1.85. The third-order valence-electron chi connectivity index (χ3n) is 5.43. The summed E-state index contributed by atoms with van der Waals surface area (Å²) in [6, 6.07) is 7.80. The molecule has 1 fully saturated rings. The fraction of sp³-hybridized carbons (Fsp3) is 0.474. The highest BCUT2D eigenvalue weighted by Gasteiger charge is 2.38. The largest absolute Gasteiger partial charge is 0.381 e. The SMILES string of the molecule is O=C(NC1(c2ccc(Cl)cc2)CCOCC1)C1CCn2ccnc2C1. The molecule has 1 unspecified atom stereocenters. The van der Waals surface area contributed by atoms with Crippen molar-refractivity contribution < 1.29 is 9.53 Å². The molecule has 25 heavy (non-hydrogen) atoms. The number of fused-ring (bicyclic) bond motifs is 1. The highest BCUT2D eigenvalue weighted by atomic mass is 35.5. The van der Waals surface area contributed by atoms with Crippen molar-refractivity contribution in [1.82, 2.24) is 14.9 Å². The number of halogens is 1. The molecule has 0 aliphatic carbocycles. The van der Waals surface area contributed by atoms with Crippen molar-refractivity contribution in [2.45, 2.75) is 37.8 Å². The van der Waals surface area contributed by atoms with Crippen molar-refractivity contribution in [2.75, 3.05) is 13.2 Å². The number of imidazole rings is 1. The van der Waals surface area contributed by atoms with Gasteiger partial charge in [-0.05, 0) is 37.0 Å². The average Bonchev–Trinajstić information content (AvgIpc) is 3.10. The first kappa shape index (κ1) is 16.6. The molecular weight excluding hydrogens is 338 g/mol. The topological polar surface area (TPSA) is 56.1 Å². The van der Waals surface area contributed by atoms with Gasteiger partial charge < -0.3 is 14.6 Å². The molecule has 132 valence electrons. The lowest BCUT2D eigenvalue weighted by Gasteiger charge is -2.40. The summed E-state index contributed by atoms with van der Waals surface area (Å²) in [5.41, 5.74) is 0.734. The molecule has 1 N–H and O–H groups in total. The molecule has 2 aliphatic heterocycles. The molecule has 2 aliphatic rings. The van der Waals surface area contributed by atoms with Crippen molar-refractivity contribution in [2.24, 2.45) is 5.92 Å². The third kappa shape index (κ3) is 3.31. The number of benzene rings is 1. The summed E-state index contributed by atoms with van der Waals surface area (Å²) >= 11 is 6.04. The Morgan fingerprint density at radius 1 is 1.28 bits per heavy atom. The number of rotatable bonds is 3. The minimum atomic E-state index is -0.368. The van der Waals surface area contributed by atoms with Gasteiger partial charge in [-0.2, -0.15) is 0 Å². The van der Waals surface area contributed by atoms with Gasteiger partial charge >= 0.3 is 0 Å². The zero-order chi connectivity index (χ0) is 17.3. The molecule has 3 heterocycles. The molecule has 1 atom stereocenters. The highest BCUT2D eigenvalue weighted by Crippen LogP contribution is 2.34. The zero-order valence-corrected chi connectivity index (χ0v) is 14.8. The number of aryl methyl sites for hydroxylation is 1. The number of carbonyl (C=O) groups is 1.